The Morgan fingerprint density at radius 3 is 2.65 bits per heavy atom. The van der Waals surface area contributed by atoms with Crippen molar-refractivity contribution < 1.29 is 14.7 Å². The third-order valence-corrected chi connectivity index (χ3v) is 5.41. The highest BCUT2D eigenvalue weighted by atomic mass is 32.2. The number of carbonyl (C=O) groups excluding carboxylic acids is 1. The average Bonchev–Trinajstić information content (AvgIpc) is 2.54. The monoisotopic (exact) mass is 335 g/mol. The van der Waals surface area contributed by atoms with Gasteiger partial charge in [0.15, 0.2) is 0 Å². The first-order valence-electron chi connectivity index (χ1n) is 8.19. The van der Waals surface area contributed by atoms with Crippen LogP contribution in [-0.2, 0) is 15.0 Å². The van der Waals surface area contributed by atoms with Gasteiger partial charge in [-0.15, -0.1) is 11.8 Å². The summed E-state index contributed by atoms with van der Waals surface area (Å²) >= 11 is 1.33. The lowest BCUT2D eigenvalue weighted by Crippen LogP contribution is -2.46. The van der Waals surface area contributed by atoms with Gasteiger partial charge in [0.1, 0.15) is 0 Å². The number of carbonyl (C=O) groups is 2. The fourth-order valence-corrected chi connectivity index (χ4v) is 3.88. The second-order valence-electron chi connectivity index (χ2n) is 6.21. The van der Waals surface area contributed by atoms with Crippen molar-refractivity contribution in [1.29, 1.82) is 0 Å². The van der Waals surface area contributed by atoms with Crippen LogP contribution in [0.25, 0.3) is 0 Å². The second-order valence-corrected chi connectivity index (χ2v) is 7.32. The molecule has 0 bridgehead atoms. The van der Waals surface area contributed by atoms with Gasteiger partial charge >= 0.3 is 5.97 Å². The Labute approximate surface area is 142 Å². The molecule has 1 amide bonds. The molecule has 1 aromatic rings. The summed E-state index contributed by atoms with van der Waals surface area (Å²) in [5.74, 6) is -0.00977. The standard InChI is InChI=1S/C18H25NO3S/c1-14-6-5-7-15(12-14)18(8-3-2-4-9-18)17(22)19-10-11-23-13-16(20)21/h5-7,12H,2-4,8-11,13H2,1H3,(H,19,22)(H,20,21). The van der Waals surface area contributed by atoms with E-state index >= 15 is 0 Å². The zero-order valence-corrected chi connectivity index (χ0v) is 14.5. The van der Waals surface area contributed by atoms with E-state index < -0.39 is 11.4 Å². The topological polar surface area (TPSA) is 66.4 Å². The van der Waals surface area contributed by atoms with Crippen LogP contribution < -0.4 is 5.32 Å². The SMILES string of the molecule is Cc1cccc(C2(C(=O)NCCSCC(=O)O)CCCCC2)c1. The number of aliphatic carboxylic acids is 1. The van der Waals surface area contributed by atoms with E-state index in [2.05, 4.69) is 30.4 Å². The molecule has 0 radical (unpaired) electrons. The van der Waals surface area contributed by atoms with E-state index in [1.807, 2.05) is 6.07 Å². The van der Waals surface area contributed by atoms with Crippen molar-refractivity contribution >= 4 is 23.6 Å². The van der Waals surface area contributed by atoms with E-state index in [9.17, 15) is 9.59 Å². The Bertz CT molecular complexity index is 553. The van der Waals surface area contributed by atoms with Crippen molar-refractivity contribution in [2.24, 2.45) is 0 Å². The number of carboxylic acids is 1. The molecule has 4 nitrogen and oxygen atoms in total. The lowest BCUT2D eigenvalue weighted by Gasteiger charge is -2.36. The second kappa shape index (κ2) is 8.39. The smallest absolute Gasteiger partial charge is 0.313 e. The summed E-state index contributed by atoms with van der Waals surface area (Å²) in [5, 5.41) is 11.7. The van der Waals surface area contributed by atoms with Gasteiger partial charge in [-0.3, -0.25) is 9.59 Å². The summed E-state index contributed by atoms with van der Waals surface area (Å²) in [5.41, 5.74) is 1.88. The Morgan fingerprint density at radius 2 is 2.00 bits per heavy atom. The number of nitrogens with one attached hydrogen (secondary N) is 1. The summed E-state index contributed by atoms with van der Waals surface area (Å²) in [4.78, 5) is 23.4. The summed E-state index contributed by atoms with van der Waals surface area (Å²) in [6.45, 7) is 2.57. The molecule has 0 heterocycles. The van der Waals surface area contributed by atoms with E-state index in [1.165, 1.54) is 23.7 Å². The minimum atomic E-state index is -0.815. The zero-order valence-electron chi connectivity index (χ0n) is 13.6. The van der Waals surface area contributed by atoms with Gasteiger partial charge in [0.05, 0.1) is 11.2 Å². The molecule has 1 aromatic carbocycles. The maximum Gasteiger partial charge on any atom is 0.313 e. The average molecular weight is 335 g/mol. The molecule has 23 heavy (non-hydrogen) atoms. The van der Waals surface area contributed by atoms with Crippen molar-refractivity contribution in [2.45, 2.75) is 44.4 Å². The molecule has 1 saturated carbocycles. The van der Waals surface area contributed by atoms with E-state index in [-0.39, 0.29) is 11.7 Å². The summed E-state index contributed by atoms with van der Waals surface area (Å²) in [7, 11) is 0. The molecule has 126 valence electrons. The van der Waals surface area contributed by atoms with Gasteiger partial charge in [-0.05, 0) is 25.3 Å². The van der Waals surface area contributed by atoms with Gasteiger partial charge in [0.2, 0.25) is 5.91 Å². The maximum atomic E-state index is 12.9. The van der Waals surface area contributed by atoms with Crippen LogP contribution in [0, 0.1) is 6.92 Å². The molecule has 0 aromatic heterocycles. The molecule has 5 heteroatoms. The van der Waals surface area contributed by atoms with Crippen LogP contribution in [-0.4, -0.2) is 35.0 Å². The minimum Gasteiger partial charge on any atom is -0.481 e. The third-order valence-electron chi connectivity index (χ3n) is 4.47. The molecule has 0 saturated heterocycles. The molecule has 1 fully saturated rings. The number of benzene rings is 1. The molecule has 0 spiro atoms. The molecule has 2 rings (SSSR count). The number of aryl methyl sites for hydroxylation is 1. The Hall–Kier alpha value is -1.49. The van der Waals surface area contributed by atoms with Gasteiger partial charge in [-0.25, -0.2) is 0 Å². The Kier molecular flexibility index (Phi) is 6.51. The number of hydrogen-bond acceptors (Lipinski definition) is 3. The normalized spacial score (nSPS) is 16.7. The molecule has 2 N–H and O–H groups in total. The predicted octanol–water partition coefficient (Wildman–Crippen LogP) is 3.13. The van der Waals surface area contributed by atoms with E-state index in [0.717, 1.165) is 31.2 Å². The molecule has 0 atom stereocenters. The number of hydrogen-bond donors (Lipinski definition) is 2. The first-order valence-corrected chi connectivity index (χ1v) is 9.35. The lowest BCUT2D eigenvalue weighted by molar-refractivity contribution is -0.134. The van der Waals surface area contributed by atoms with E-state index in [0.29, 0.717) is 12.3 Å². The first-order chi connectivity index (χ1) is 11.0. The van der Waals surface area contributed by atoms with Crippen molar-refractivity contribution in [2.75, 3.05) is 18.1 Å². The zero-order chi connectivity index (χ0) is 16.7. The highest BCUT2D eigenvalue weighted by Gasteiger charge is 2.40. The third kappa shape index (κ3) is 4.74. The van der Waals surface area contributed by atoms with Gasteiger partial charge in [0.25, 0.3) is 0 Å². The van der Waals surface area contributed by atoms with Crippen molar-refractivity contribution in [3.8, 4) is 0 Å². The molecular formula is C18H25NO3S. The van der Waals surface area contributed by atoms with E-state index in [1.54, 1.807) is 0 Å². The Morgan fingerprint density at radius 1 is 1.26 bits per heavy atom. The fourth-order valence-electron chi connectivity index (χ4n) is 3.31. The van der Waals surface area contributed by atoms with Crippen LogP contribution in [0.3, 0.4) is 0 Å². The summed E-state index contributed by atoms with van der Waals surface area (Å²) in [6.07, 6.45) is 5.13. The largest absolute Gasteiger partial charge is 0.481 e. The van der Waals surface area contributed by atoms with Gasteiger partial charge < -0.3 is 10.4 Å². The van der Waals surface area contributed by atoms with E-state index in [4.69, 9.17) is 5.11 Å². The molecule has 0 aliphatic heterocycles. The van der Waals surface area contributed by atoms with Crippen LogP contribution in [0.4, 0.5) is 0 Å². The number of amides is 1. The van der Waals surface area contributed by atoms with Crippen molar-refractivity contribution in [1.82, 2.24) is 5.32 Å². The van der Waals surface area contributed by atoms with Gasteiger partial charge in [0, 0.05) is 12.3 Å². The number of thioether (sulfide) groups is 1. The lowest BCUT2D eigenvalue weighted by atomic mass is 9.68. The van der Waals surface area contributed by atoms with Crippen LogP contribution in [0.15, 0.2) is 24.3 Å². The summed E-state index contributed by atoms with van der Waals surface area (Å²) in [6, 6.07) is 8.28. The molecule has 1 aliphatic rings. The van der Waals surface area contributed by atoms with Crippen molar-refractivity contribution in [3.05, 3.63) is 35.4 Å². The quantitative estimate of drug-likeness (QED) is 0.751. The predicted molar refractivity (Wildman–Crippen MR) is 93.9 cm³/mol. The van der Waals surface area contributed by atoms with Crippen LogP contribution >= 0.6 is 11.8 Å². The molecule has 0 unspecified atom stereocenters. The fraction of sp³-hybridized carbons (Fsp3) is 0.556. The highest BCUT2D eigenvalue weighted by molar-refractivity contribution is 7.99. The number of carboxylic acid groups (broad SMARTS) is 1. The summed E-state index contributed by atoms with van der Waals surface area (Å²) < 4.78 is 0. The van der Waals surface area contributed by atoms with Gasteiger partial charge in [-0.2, -0.15) is 0 Å². The highest BCUT2D eigenvalue weighted by Crippen LogP contribution is 2.40. The van der Waals surface area contributed by atoms with Crippen LogP contribution in [0.1, 0.15) is 43.2 Å². The maximum absolute atomic E-state index is 12.9. The molecule has 1 aliphatic carbocycles. The molecular weight excluding hydrogens is 310 g/mol. The van der Waals surface area contributed by atoms with Crippen molar-refractivity contribution in [3.63, 3.8) is 0 Å². The van der Waals surface area contributed by atoms with Gasteiger partial charge in [-0.1, -0.05) is 49.1 Å². The van der Waals surface area contributed by atoms with Crippen LogP contribution in [0.2, 0.25) is 0 Å². The van der Waals surface area contributed by atoms with Crippen LogP contribution in [0.5, 0.6) is 0 Å². The first kappa shape index (κ1) is 17.9. The number of rotatable bonds is 7. The Balaban J connectivity index is 2.03. The minimum absolute atomic E-state index is 0.0822.